The lowest BCUT2D eigenvalue weighted by Crippen LogP contribution is -2.36. The van der Waals surface area contributed by atoms with E-state index >= 15 is 0 Å². The average Bonchev–Trinajstić information content (AvgIpc) is 2.86. The molecule has 2 rings (SSSR count). The van der Waals surface area contributed by atoms with E-state index in [0.29, 0.717) is 12.1 Å². The Bertz CT molecular complexity index is 515. The van der Waals surface area contributed by atoms with E-state index in [0.717, 1.165) is 0 Å². The molecule has 20 heavy (non-hydrogen) atoms. The highest BCUT2D eigenvalue weighted by molar-refractivity contribution is 5.89. The molecule has 0 saturated carbocycles. The largest absolute Gasteiger partial charge is 0.481 e. The minimum atomic E-state index is -0.989. The van der Waals surface area contributed by atoms with E-state index < -0.39 is 17.8 Å². The zero-order valence-corrected chi connectivity index (χ0v) is 10.8. The molecular weight excluding hydrogens is 260 g/mol. The second-order valence-corrected chi connectivity index (χ2v) is 4.75. The summed E-state index contributed by atoms with van der Waals surface area (Å²) in [4.78, 5) is 34.2. The lowest BCUT2D eigenvalue weighted by molar-refractivity contribution is -0.138. The maximum Gasteiger partial charge on any atom is 0.312 e. The normalized spacial score (nSPS) is 19.2. The Morgan fingerprint density at radius 1 is 1.35 bits per heavy atom. The molecule has 1 aliphatic heterocycles. The van der Waals surface area contributed by atoms with Crippen LogP contribution < -0.4 is 10.6 Å². The number of nitrogens with one attached hydrogen (secondary N) is 2. The van der Waals surface area contributed by atoms with Gasteiger partial charge in [0, 0.05) is 19.5 Å². The molecular formula is C14H16N2O4. The molecule has 1 aliphatic rings. The molecule has 6 nitrogen and oxygen atoms in total. The summed E-state index contributed by atoms with van der Waals surface area (Å²) in [6.07, 6.45) is 0.162. The van der Waals surface area contributed by atoms with Gasteiger partial charge in [-0.1, -0.05) is 30.3 Å². The first-order valence-corrected chi connectivity index (χ1v) is 6.40. The van der Waals surface area contributed by atoms with Crippen LogP contribution in [0.4, 0.5) is 0 Å². The lowest BCUT2D eigenvalue weighted by Gasteiger charge is -2.15. The van der Waals surface area contributed by atoms with Gasteiger partial charge < -0.3 is 15.7 Å². The van der Waals surface area contributed by atoms with Crippen LogP contribution in [0.5, 0.6) is 0 Å². The van der Waals surface area contributed by atoms with E-state index in [-0.39, 0.29) is 24.8 Å². The summed E-state index contributed by atoms with van der Waals surface area (Å²) in [5.41, 5.74) is 0.640. The summed E-state index contributed by atoms with van der Waals surface area (Å²) in [6.45, 7) is 0.330. The summed E-state index contributed by atoms with van der Waals surface area (Å²) in [6, 6.07) is 8.74. The van der Waals surface area contributed by atoms with E-state index in [1.54, 1.807) is 30.3 Å². The Kier molecular flexibility index (Phi) is 4.34. The van der Waals surface area contributed by atoms with E-state index in [2.05, 4.69) is 10.6 Å². The van der Waals surface area contributed by atoms with Crippen LogP contribution in [0.2, 0.25) is 0 Å². The van der Waals surface area contributed by atoms with E-state index in [9.17, 15) is 19.5 Å². The van der Waals surface area contributed by atoms with Crippen molar-refractivity contribution in [3.63, 3.8) is 0 Å². The van der Waals surface area contributed by atoms with Crippen LogP contribution in [0.1, 0.15) is 17.9 Å². The summed E-state index contributed by atoms with van der Waals surface area (Å²) >= 11 is 0. The number of amides is 2. The van der Waals surface area contributed by atoms with Crippen molar-refractivity contribution in [2.75, 3.05) is 13.1 Å². The monoisotopic (exact) mass is 276 g/mol. The third kappa shape index (κ3) is 3.34. The predicted molar refractivity (Wildman–Crippen MR) is 70.9 cm³/mol. The highest BCUT2D eigenvalue weighted by Gasteiger charge is 2.29. The van der Waals surface area contributed by atoms with Crippen molar-refractivity contribution >= 4 is 17.8 Å². The molecule has 0 radical (unpaired) electrons. The molecule has 1 fully saturated rings. The molecule has 0 aliphatic carbocycles. The third-order valence-electron chi connectivity index (χ3n) is 3.33. The molecule has 2 atom stereocenters. The van der Waals surface area contributed by atoms with E-state index in [1.165, 1.54) is 0 Å². The Morgan fingerprint density at radius 2 is 2.05 bits per heavy atom. The van der Waals surface area contributed by atoms with Crippen molar-refractivity contribution in [3.05, 3.63) is 35.9 Å². The Hall–Kier alpha value is -2.37. The van der Waals surface area contributed by atoms with Gasteiger partial charge in [-0.05, 0) is 5.56 Å². The second-order valence-electron chi connectivity index (χ2n) is 4.75. The highest BCUT2D eigenvalue weighted by atomic mass is 16.4. The number of hydrogen-bond donors (Lipinski definition) is 3. The number of rotatable bonds is 5. The van der Waals surface area contributed by atoms with Gasteiger partial charge in [0.1, 0.15) is 0 Å². The molecule has 1 saturated heterocycles. The van der Waals surface area contributed by atoms with Crippen molar-refractivity contribution < 1.29 is 19.5 Å². The van der Waals surface area contributed by atoms with Crippen LogP contribution in [0, 0.1) is 5.92 Å². The molecule has 1 aromatic rings. The Balaban J connectivity index is 1.95. The number of carbonyl (C=O) groups excluding carboxylic acids is 2. The molecule has 2 amide bonds. The maximum absolute atomic E-state index is 11.9. The van der Waals surface area contributed by atoms with Gasteiger partial charge in [-0.3, -0.25) is 14.4 Å². The van der Waals surface area contributed by atoms with Gasteiger partial charge in [-0.2, -0.15) is 0 Å². The topological polar surface area (TPSA) is 95.5 Å². The molecule has 1 aromatic carbocycles. The van der Waals surface area contributed by atoms with Crippen molar-refractivity contribution in [2.24, 2.45) is 5.92 Å². The van der Waals surface area contributed by atoms with Crippen LogP contribution >= 0.6 is 0 Å². The van der Waals surface area contributed by atoms with Crippen molar-refractivity contribution in [3.8, 4) is 0 Å². The number of hydrogen-bond acceptors (Lipinski definition) is 3. The minimum absolute atomic E-state index is 0.0167. The average molecular weight is 276 g/mol. The fourth-order valence-corrected chi connectivity index (χ4v) is 2.17. The standard InChI is InChI=1S/C14H16N2O4/c17-12-6-10(7-15-12)13(18)16-8-11(14(19)20)9-4-2-1-3-5-9/h1-5,10-11H,6-8H2,(H,15,17)(H,16,18)(H,19,20). The van der Waals surface area contributed by atoms with Crippen LogP contribution in [-0.2, 0) is 14.4 Å². The summed E-state index contributed by atoms with van der Waals surface area (Å²) in [5.74, 6) is -2.62. The zero-order valence-electron chi connectivity index (χ0n) is 10.8. The van der Waals surface area contributed by atoms with Gasteiger partial charge in [0.15, 0.2) is 0 Å². The van der Waals surface area contributed by atoms with Crippen molar-refractivity contribution in [1.82, 2.24) is 10.6 Å². The van der Waals surface area contributed by atoms with Crippen molar-refractivity contribution in [2.45, 2.75) is 12.3 Å². The number of carbonyl (C=O) groups is 3. The first-order valence-electron chi connectivity index (χ1n) is 6.40. The quantitative estimate of drug-likeness (QED) is 0.711. The molecule has 6 heteroatoms. The lowest BCUT2D eigenvalue weighted by atomic mass is 9.99. The van der Waals surface area contributed by atoms with Gasteiger partial charge in [-0.25, -0.2) is 0 Å². The Morgan fingerprint density at radius 3 is 2.60 bits per heavy atom. The molecule has 3 N–H and O–H groups in total. The molecule has 1 heterocycles. The molecule has 0 bridgehead atoms. The fourth-order valence-electron chi connectivity index (χ4n) is 2.17. The van der Waals surface area contributed by atoms with Crippen LogP contribution in [0.3, 0.4) is 0 Å². The van der Waals surface area contributed by atoms with Gasteiger partial charge in [0.25, 0.3) is 0 Å². The second kappa shape index (κ2) is 6.18. The van der Waals surface area contributed by atoms with Gasteiger partial charge in [-0.15, -0.1) is 0 Å². The van der Waals surface area contributed by atoms with Crippen LogP contribution in [0.25, 0.3) is 0 Å². The number of carboxylic acid groups (broad SMARTS) is 1. The van der Waals surface area contributed by atoms with E-state index in [1.807, 2.05) is 0 Å². The zero-order chi connectivity index (χ0) is 14.5. The predicted octanol–water partition coefficient (Wildman–Crippen LogP) is 0.107. The first-order chi connectivity index (χ1) is 9.58. The first kappa shape index (κ1) is 14.0. The molecule has 0 aromatic heterocycles. The SMILES string of the molecule is O=C1CC(C(=O)NCC(C(=O)O)c2ccccc2)CN1. The Labute approximate surface area is 116 Å². The summed E-state index contributed by atoms with van der Waals surface area (Å²) < 4.78 is 0. The summed E-state index contributed by atoms with van der Waals surface area (Å²) in [5, 5.41) is 14.4. The van der Waals surface area contributed by atoms with Crippen LogP contribution in [-0.4, -0.2) is 36.0 Å². The number of benzene rings is 1. The van der Waals surface area contributed by atoms with Crippen LogP contribution in [0.15, 0.2) is 30.3 Å². The van der Waals surface area contributed by atoms with Crippen molar-refractivity contribution in [1.29, 1.82) is 0 Å². The molecule has 106 valence electrons. The minimum Gasteiger partial charge on any atom is -0.481 e. The number of carboxylic acids is 1. The highest BCUT2D eigenvalue weighted by Crippen LogP contribution is 2.15. The number of aliphatic carboxylic acids is 1. The van der Waals surface area contributed by atoms with E-state index in [4.69, 9.17) is 0 Å². The van der Waals surface area contributed by atoms with Gasteiger partial charge >= 0.3 is 5.97 Å². The van der Waals surface area contributed by atoms with Gasteiger partial charge in [0.05, 0.1) is 11.8 Å². The third-order valence-corrected chi connectivity index (χ3v) is 3.33. The maximum atomic E-state index is 11.9. The fraction of sp³-hybridized carbons (Fsp3) is 0.357. The molecule has 2 unspecified atom stereocenters. The van der Waals surface area contributed by atoms with Gasteiger partial charge in [0.2, 0.25) is 11.8 Å². The smallest absolute Gasteiger partial charge is 0.312 e. The summed E-state index contributed by atoms with van der Waals surface area (Å²) in [7, 11) is 0. The molecule has 0 spiro atoms.